The highest BCUT2D eigenvalue weighted by molar-refractivity contribution is 7.99. The fourth-order valence-electron chi connectivity index (χ4n) is 2.06. The number of nitrogens with zero attached hydrogens (tertiary/aromatic N) is 1. The van der Waals surface area contributed by atoms with E-state index >= 15 is 0 Å². The maximum atomic E-state index is 12.2. The third kappa shape index (κ3) is 4.97. The lowest BCUT2D eigenvalue weighted by Gasteiger charge is -2.29. The lowest BCUT2D eigenvalue weighted by Crippen LogP contribution is -2.49. The molecule has 0 radical (unpaired) electrons. The highest BCUT2D eigenvalue weighted by atomic mass is 32.2. The molecule has 21 heavy (non-hydrogen) atoms. The molecule has 0 bridgehead atoms. The summed E-state index contributed by atoms with van der Waals surface area (Å²) in [5, 5.41) is 2.59. The first-order chi connectivity index (χ1) is 10.2. The van der Waals surface area contributed by atoms with Crippen LogP contribution in [0.1, 0.15) is 12.5 Å². The van der Waals surface area contributed by atoms with Crippen LogP contribution >= 0.6 is 11.8 Å². The van der Waals surface area contributed by atoms with Crippen molar-refractivity contribution in [1.29, 1.82) is 0 Å². The average Bonchev–Trinajstić information content (AvgIpc) is 2.54. The van der Waals surface area contributed by atoms with Gasteiger partial charge in [0.25, 0.3) is 0 Å². The molecule has 1 aromatic carbocycles. The van der Waals surface area contributed by atoms with Crippen LogP contribution < -0.4 is 5.32 Å². The second kappa shape index (κ2) is 7.93. The fourth-order valence-corrected chi connectivity index (χ4v) is 2.96. The van der Waals surface area contributed by atoms with E-state index < -0.39 is 12.1 Å². The average molecular weight is 308 g/mol. The second-order valence-corrected chi connectivity index (χ2v) is 6.09. The molecule has 1 unspecified atom stereocenters. The van der Waals surface area contributed by atoms with E-state index in [1.165, 1.54) is 0 Å². The summed E-state index contributed by atoms with van der Waals surface area (Å²) in [6.07, 6.45) is -0.564. The van der Waals surface area contributed by atoms with Gasteiger partial charge in [-0.1, -0.05) is 30.3 Å². The lowest BCUT2D eigenvalue weighted by atomic mass is 10.2. The Balaban J connectivity index is 1.74. The Bertz CT molecular complexity index is 475. The van der Waals surface area contributed by atoms with Gasteiger partial charge in [0.1, 0.15) is 12.6 Å². The Morgan fingerprint density at radius 2 is 1.95 bits per heavy atom. The smallest absolute Gasteiger partial charge is 0.408 e. The molecule has 114 valence electrons. The summed E-state index contributed by atoms with van der Waals surface area (Å²) in [5.74, 6) is 1.86. The van der Waals surface area contributed by atoms with Crippen LogP contribution in [-0.4, -0.2) is 47.5 Å². The van der Waals surface area contributed by atoms with Crippen LogP contribution in [0.3, 0.4) is 0 Å². The number of thioether (sulfide) groups is 1. The van der Waals surface area contributed by atoms with Crippen LogP contribution in [0.5, 0.6) is 0 Å². The van der Waals surface area contributed by atoms with E-state index in [0.29, 0.717) is 0 Å². The number of hydrogen-bond donors (Lipinski definition) is 1. The number of nitrogens with one attached hydrogen (secondary N) is 1. The van der Waals surface area contributed by atoms with Crippen LogP contribution in [0.25, 0.3) is 0 Å². The molecule has 1 atom stereocenters. The molecular formula is C15H20N2O3S. The van der Waals surface area contributed by atoms with E-state index in [9.17, 15) is 9.59 Å². The topological polar surface area (TPSA) is 58.6 Å². The van der Waals surface area contributed by atoms with Crippen molar-refractivity contribution in [3.05, 3.63) is 35.9 Å². The van der Waals surface area contributed by atoms with Gasteiger partial charge in [0.2, 0.25) is 5.91 Å². The molecule has 5 nitrogen and oxygen atoms in total. The van der Waals surface area contributed by atoms with E-state index in [4.69, 9.17) is 4.74 Å². The highest BCUT2D eigenvalue weighted by Crippen LogP contribution is 2.10. The van der Waals surface area contributed by atoms with Crippen molar-refractivity contribution < 1.29 is 14.3 Å². The van der Waals surface area contributed by atoms with E-state index in [0.717, 1.165) is 30.2 Å². The molecule has 6 heteroatoms. The fraction of sp³-hybridized carbons (Fsp3) is 0.467. The number of carbonyl (C=O) groups excluding carboxylic acids is 2. The van der Waals surface area contributed by atoms with Crippen molar-refractivity contribution in [2.45, 2.75) is 19.6 Å². The van der Waals surface area contributed by atoms with Gasteiger partial charge in [0.15, 0.2) is 0 Å². The van der Waals surface area contributed by atoms with Crippen LogP contribution in [-0.2, 0) is 16.1 Å². The molecule has 0 aromatic heterocycles. The predicted molar refractivity (Wildman–Crippen MR) is 83.1 cm³/mol. The summed E-state index contributed by atoms with van der Waals surface area (Å²) in [4.78, 5) is 25.7. The number of carbonyl (C=O) groups is 2. The van der Waals surface area contributed by atoms with Gasteiger partial charge in [-0.15, -0.1) is 0 Å². The van der Waals surface area contributed by atoms with Crippen molar-refractivity contribution in [2.24, 2.45) is 0 Å². The van der Waals surface area contributed by atoms with Crippen LogP contribution in [0.15, 0.2) is 30.3 Å². The molecule has 0 saturated carbocycles. The lowest BCUT2D eigenvalue weighted by molar-refractivity contribution is -0.132. The highest BCUT2D eigenvalue weighted by Gasteiger charge is 2.23. The number of amides is 2. The van der Waals surface area contributed by atoms with Crippen LogP contribution in [0.4, 0.5) is 4.79 Å². The summed E-state index contributed by atoms with van der Waals surface area (Å²) in [6, 6.07) is 8.88. The van der Waals surface area contributed by atoms with Gasteiger partial charge in [-0.3, -0.25) is 4.79 Å². The molecule has 1 aliphatic heterocycles. The molecule has 1 heterocycles. The molecule has 0 aliphatic carbocycles. The molecule has 0 spiro atoms. The van der Waals surface area contributed by atoms with Gasteiger partial charge in [0, 0.05) is 24.6 Å². The van der Waals surface area contributed by atoms with Crippen molar-refractivity contribution >= 4 is 23.8 Å². The molecule has 1 saturated heterocycles. The van der Waals surface area contributed by atoms with Gasteiger partial charge in [0.05, 0.1) is 0 Å². The number of benzene rings is 1. The van der Waals surface area contributed by atoms with Crippen LogP contribution in [0.2, 0.25) is 0 Å². The summed E-state index contributed by atoms with van der Waals surface area (Å²) < 4.78 is 5.11. The van der Waals surface area contributed by atoms with Gasteiger partial charge in [-0.2, -0.15) is 11.8 Å². The van der Waals surface area contributed by atoms with Crippen molar-refractivity contribution in [2.75, 3.05) is 24.6 Å². The van der Waals surface area contributed by atoms with Gasteiger partial charge < -0.3 is 15.0 Å². The van der Waals surface area contributed by atoms with Gasteiger partial charge in [-0.25, -0.2) is 4.79 Å². The van der Waals surface area contributed by atoms with E-state index in [2.05, 4.69) is 5.32 Å². The van der Waals surface area contributed by atoms with Crippen molar-refractivity contribution in [1.82, 2.24) is 10.2 Å². The summed E-state index contributed by atoms with van der Waals surface area (Å²) >= 11 is 1.84. The minimum Gasteiger partial charge on any atom is -0.445 e. The Hall–Kier alpha value is -1.69. The molecule has 2 amide bonds. The zero-order chi connectivity index (χ0) is 15.1. The summed E-state index contributed by atoms with van der Waals surface area (Å²) in [7, 11) is 0. The summed E-state index contributed by atoms with van der Waals surface area (Å²) in [5.41, 5.74) is 0.916. The quantitative estimate of drug-likeness (QED) is 0.922. The minimum absolute atomic E-state index is 0.0491. The monoisotopic (exact) mass is 308 g/mol. The maximum absolute atomic E-state index is 12.2. The molecule has 1 aromatic rings. The number of alkyl carbamates (subject to hydrolysis) is 1. The van der Waals surface area contributed by atoms with Crippen molar-refractivity contribution in [3.8, 4) is 0 Å². The third-order valence-corrected chi connectivity index (χ3v) is 4.18. The maximum Gasteiger partial charge on any atom is 0.408 e. The number of ether oxygens (including phenoxy) is 1. The standard InChI is InChI=1S/C15H20N2O3S/c1-12(14(18)17-7-9-21-10-8-17)16-15(19)20-11-13-5-3-2-4-6-13/h2-6,12H,7-11H2,1H3,(H,16,19). The van der Waals surface area contributed by atoms with Crippen LogP contribution in [0, 0.1) is 0 Å². The van der Waals surface area contributed by atoms with E-state index in [1.54, 1.807) is 11.8 Å². The molecule has 1 aliphatic rings. The third-order valence-electron chi connectivity index (χ3n) is 3.24. The Kier molecular flexibility index (Phi) is 5.92. The Morgan fingerprint density at radius 1 is 1.29 bits per heavy atom. The Morgan fingerprint density at radius 3 is 2.62 bits per heavy atom. The Labute approximate surface area is 129 Å². The SMILES string of the molecule is CC(NC(=O)OCc1ccccc1)C(=O)N1CCSCC1. The number of hydrogen-bond acceptors (Lipinski definition) is 4. The van der Waals surface area contributed by atoms with Crippen molar-refractivity contribution in [3.63, 3.8) is 0 Å². The molecule has 1 fully saturated rings. The molecular weight excluding hydrogens is 288 g/mol. The van der Waals surface area contributed by atoms with E-state index in [1.807, 2.05) is 42.1 Å². The van der Waals surface area contributed by atoms with E-state index in [-0.39, 0.29) is 12.5 Å². The zero-order valence-electron chi connectivity index (χ0n) is 12.1. The first-order valence-electron chi connectivity index (χ1n) is 7.00. The number of rotatable bonds is 4. The summed E-state index contributed by atoms with van der Waals surface area (Å²) in [6.45, 7) is 3.38. The van der Waals surface area contributed by atoms with Gasteiger partial charge in [-0.05, 0) is 12.5 Å². The second-order valence-electron chi connectivity index (χ2n) is 4.87. The molecule has 1 N–H and O–H groups in total. The van der Waals surface area contributed by atoms with Gasteiger partial charge >= 0.3 is 6.09 Å². The minimum atomic E-state index is -0.564. The predicted octanol–water partition coefficient (Wildman–Crippen LogP) is 1.88. The first kappa shape index (κ1) is 15.7. The largest absolute Gasteiger partial charge is 0.445 e. The molecule has 2 rings (SSSR count). The normalized spacial score (nSPS) is 16.1. The first-order valence-corrected chi connectivity index (χ1v) is 8.16. The zero-order valence-corrected chi connectivity index (χ0v) is 12.9.